The molecule has 0 atom stereocenters. The molecule has 0 heterocycles. The molecule has 0 aromatic heterocycles. The van der Waals surface area contributed by atoms with E-state index in [0.717, 1.165) is 25.7 Å². The Morgan fingerprint density at radius 3 is 2.71 bits per heavy atom. The molecule has 0 aliphatic heterocycles. The van der Waals surface area contributed by atoms with Gasteiger partial charge in [0.05, 0.1) is 13.0 Å². The summed E-state index contributed by atoms with van der Waals surface area (Å²) in [5, 5.41) is 0. The fourth-order valence-corrected chi connectivity index (χ4v) is 2.59. The summed E-state index contributed by atoms with van der Waals surface area (Å²) in [6.45, 7) is 4.86. The smallest absolute Gasteiger partial charge is 0.309 e. The lowest BCUT2D eigenvalue weighted by molar-refractivity contribution is -0.152. The van der Waals surface area contributed by atoms with Crippen molar-refractivity contribution in [1.82, 2.24) is 0 Å². The highest BCUT2D eigenvalue weighted by atomic mass is 16.5. The predicted molar refractivity (Wildman–Crippen MR) is 83.1 cm³/mol. The number of carbonyl (C=O) groups is 1. The second-order valence-corrected chi connectivity index (χ2v) is 6.52. The molecule has 0 unspecified atom stereocenters. The van der Waals surface area contributed by atoms with Crippen LogP contribution >= 0.6 is 0 Å². The largest absolute Gasteiger partial charge is 0.493 e. The van der Waals surface area contributed by atoms with Gasteiger partial charge in [0, 0.05) is 11.8 Å². The predicted octanol–water partition coefficient (Wildman–Crippen LogP) is 3.55. The van der Waals surface area contributed by atoms with Crippen LogP contribution in [0.3, 0.4) is 0 Å². The molecule has 0 bridgehead atoms. The van der Waals surface area contributed by atoms with Gasteiger partial charge in [-0.1, -0.05) is 19.9 Å². The molecule has 4 nitrogen and oxygen atoms in total. The van der Waals surface area contributed by atoms with E-state index in [0.29, 0.717) is 23.5 Å². The molecule has 1 aliphatic rings. The van der Waals surface area contributed by atoms with Crippen molar-refractivity contribution >= 4 is 11.7 Å². The van der Waals surface area contributed by atoms with E-state index in [4.69, 9.17) is 15.2 Å². The lowest BCUT2D eigenvalue weighted by atomic mass is 9.76. The minimum atomic E-state index is -0.177. The summed E-state index contributed by atoms with van der Waals surface area (Å²) in [4.78, 5) is 11.8. The maximum Gasteiger partial charge on any atom is 0.309 e. The maximum absolute atomic E-state index is 11.8. The van der Waals surface area contributed by atoms with Gasteiger partial charge in [-0.2, -0.15) is 0 Å². The quantitative estimate of drug-likeness (QED) is 0.665. The second-order valence-electron chi connectivity index (χ2n) is 6.52. The van der Waals surface area contributed by atoms with Gasteiger partial charge in [-0.3, -0.25) is 4.79 Å². The van der Waals surface area contributed by atoms with Crippen molar-refractivity contribution in [2.75, 3.05) is 12.3 Å². The summed E-state index contributed by atoms with van der Waals surface area (Å²) in [6, 6.07) is 7.19. The van der Waals surface area contributed by atoms with Crippen LogP contribution in [0.4, 0.5) is 5.69 Å². The van der Waals surface area contributed by atoms with Crippen LogP contribution in [-0.4, -0.2) is 18.7 Å². The molecule has 2 rings (SSSR count). The van der Waals surface area contributed by atoms with Gasteiger partial charge >= 0.3 is 5.97 Å². The SMILES string of the molecule is CC1(C)CCC(OC(=O)CCOc2cccc(N)c2)CC1. The minimum Gasteiger partial charge on any atom is -0.493 e. The minimum absolute atomic E-state index is 0.0814. The van der Waals surface area contributed by atoms with Gasteiger partial charge in [0.25, 0.3) is 0 Å². The molecular weight excluding hydrogens is 266 g/mol. The van der Waals surface area contributed by atoms with Crippen molar-refractivity contribution in [2.45, 2.75) is 52.1 Å². The number of carbonyl (C=O) groups excluding carboxylic acids is 1. The first-order valence-corrected chi connectivity index (χ1v) is 7.62. The molecule has 0 radical (unpaired) electrons. The molecule has 21 heavy (non-hydrogen) atoms. The Morgan fingerprint density at radius 1 is 1.33 bits per heavy atom. The normalized spacial score (nSPS) is 18.2. The highest BCUT2D eigenvalue weighted by molar-refractivity contribution is 5.69. The van der Waals surface area contributed by atoms with Crippen LogP contribution in [0.5, 0.6) is 5.75 Å². The average molecular weight is 291 g/mol. The molecule has 4 heteroatoms. The number of hydrogen-bond acceptors (Lipinski definition) is 4. The topological polar surface area (TPSA) is 61.5 Å². The first-order valence-electron chi connectivity index (χ1n) is 7.62. The molecular formula is C17H25NO3. The van der Waals surface area contributed by atoms with Crippen LogP contribution < -0.4 is 10.5 Å². The second kappa shape index (κ2) is 6.83. The molecule has 1 aromatic rings. The van der Waals surface area contributed by atoms with E-state index in [1.54, 1.807) is 12.1 Å². The van der Waals surface area contributed by atoms with E-state index in [1.165, 1.54) is 0 Å². The van der Waals surface area contributed by atoms with Gasteiger partial charge in [0.2, 0.25) is 0 Å². The van der Waals surface area contributed by atoms with E-state index >= 15 is 0 Å². The highest BCUT2D eigenvalue weighted by Crippen LogP contribution is 2.36. The number of benzene rings is 1. The third-order valence-electron chi connectivity index (χ3n) is 4.02. The average Bonchev–Trinajstić information content (AvgIpc) is 2.41. The van der Waals surface area contributed by atoms with E-state index < -0.39 is 0 Å². The molecule has 0 amide bonds. The van der Waals surface area contributed by atoms with E-state index in [1.807, 2.05) is 12.1 Å². The van der Waals surface area contributed by atoms with Gasteiger partial charge in [-0.25, -0.2) is 0 Å². The van der Waals surface area contributed by atoms with Crippen molar-refractivity contribution in [3.05, 3.63) is 24.3 Å². The van der Waals surface area contributed by atoms with Crippen molar-refractivity contribution in [1.29, 1.82) is 0 Å². The Labute approximate surface area is 126 Å². The van der Waals surface area contributed by atoms with Crippen LogP contribution in [0, 0.1) is 5.41 Å². The van der Waals surface area contributed by atoms with Gasteiger partial charge in [0.15, 0.2) is 0 Å². The zero-order chi connectivity index (χ0) is 15.3. The number of nitrogen functional groups attached to an aromatic ring is 1. The molecule has 116 valence electrons. The standard InChI is InChI=1S/C17H25NO3/c1-17(2)9-6-14(7-10-17)21-16(19)8-11-20-15-5-3-4-13(18)12-15/h3-5,12,14H,6-11,18H2,1-2H3. The summed E-state index contributed by atoms with van der Waals surface area (Å²) in [5.74, 6) is 0.505. The van der Waals surface area contributed by atoms with E-state index in [2.05, 4.69) is 13.8 Å². The number of rotatable bonds is 5. The maximum atomic E-state index is 11.8. The van der Waals surface area contributed by atoms with Crippen molar-refractivity contribution in [2.24, 2.45) is 5.41 Å². The number of hydrogen-bond donors (Lipinski definition) is 1. The molecule has 1 fully saturated rings. The molecule has 0 saturated heterocycles. The summed E-state index contributed by atoms with van der Waals surface area (Å²) in [6.07, 6.45) is 4.52. The summed E-state index contributed by atoms with van der Waals surface area (Å²) in [7, 11) is 0. The van der Waals surface area contributed by atoms with Crippen LogP contribution in [0.25, 0.3) is 0 Å². The van der Waals surface area contributed by atoms with Crippen LogP contribution in [0.15, 0.2) is 24.3 Å². The number of ether oxygens (including phenoxy) is 2. The summed E-state index contributed by atoms with van der Waals surface area (Å²) in [5.41, 5.74) is 6.70. The van der Waals surface area contributed by atoms with Gasteiger partial charge < -0.3 is 15.2 Å². The Bertz CT molecular complexity index is 475. The van der Waals surface area contributed by atoms with Crippen LogP contribution in [0.1, 0.15) is 46.0 Å². The monoisotopic (exact) mass is 291 g/mol. The number of anilines is 1. The molecule has 1 aromatic carbocycles. The van der Waals surface area contributed by atoms with Crippen LogP contribution in [-0.2, 0) is 9.53 Å². The molecule has 0 spiro atoms. The summed E-state index contributed by atoms with van der Waals surface area (Å²) >= 11 is 0. The Balaban J connectivity index is 1.66. The molecule has 1 aliphatic carbocycles. The molecule has 1 saturated carbocycles. The first-order chi connectivity index (χ1) is 9.94. The highest BCUT2D eigenvalue weighted by Gasteiger charge is 2.28. The van der Waals surface area contributed by atoms with Crippen molar-refractivity contribution in [3.63, 3.8) is 0 Å². The lowest BCUT2D eigenvalue weighted by Crippen LogP contribution is -2.28. The zero-order valence-electron chi connectivity index (χ0n) is 12.9. The Morgan fingerprint density at radius 2 is 2.05 bits per heavy atom. The third-order valence-corrected chi connectivity index (χ3v) is 4.02. The van der Waals surface area contributed by atoms with Crippen molar-refractivity contribution < 1.29 is 14.3 Å². The lowest BCUT2D eigenvalue weighted by Gasteiger charge is -2.33. The van der Waals surface area contributed by atoms with Gasteiger partial charge in [0.1, 0.15) is 11.9 Å². The zero-order valence-corrected chi connectivity index (χ0v) is 12.9. The van der Waals surface area contributed by atoms with Crippen LogP contribution in [0.2, 0.25) is 0 Å². The van der Waals surface area contributed by atoms with Gasteiger partial charge in [-0.15, -0.1) is 0 Å². The Hall–Kier alpha value is -1.71. The first kappa shape index (κ1) is 15.7. The number of esters is 1. The number of nitrogens with two attached hydrogens (primary N) is 1. The van der Waals surface area contributed by atoms with E-state index in [9.17, 15) is 4.79 Å². The van der Waals surface area contributed by atoms with E-state index in [-0.39, 0.29) is 18.5 Å². The van der Waals surface area contributed by atoms with Crippen molar-refractivity contribution in [3.8, 4) is 5.75 Å². The summed E-state index contributed by atoms with van der Waals surface area (Å²) < 4.78 is 11.0. The fourth-order valence-electron chi connectivity index (χ4n) is 2.59. The molecule has 2 N–H and O–H groups in total. The fraction of sp³-hybridized carbons (Fsp3) is 0.588. The Kier molecular flexibility index (Phi) is 5.10. The van der Waals surface area contributed by atoms with Gasteiger partial charge in [-0.05, 0) is 43.2 Å². The third kappa shape index (κ3) is 5.29.